The van der Waals surface area contributed by atoms with E-state index in [1.165, 1.54) is 0 Å². The van der Waals surface area contributed by atoms with E-state index in [-0.39, 0.29) is 19.1 Å². The van der Waals surface area contributed by atoms with Crippen LogP contribution in [0.1, 0.15) is 64.0 Å². The molecule has 1 fully saturated rings. The van der Waals surface area contributed by atoms with E-state index in [0.29, 0.717) is 0 Å². The summed E-state index contributed by atoms with van der Waals surface area (Å²) in [6.07, 6.45) is 3.90. The lowest BCUT2D eigenvalue weighted by Crippen LogP contribution is -2.53. The van der Waals surface area contributed by atoms with Gasteiger partial charge in [-0.15, -0.1) is 0 Å². The first-order chi connectivity index (χ1) is 17.2. The van der Waals surface area contributed by atoms with Crippen LogP contribution in [0.2, 0.25) is 0 Å². The molecule has 7 nitrogen and oxygen atoms in total. The van der Waals surface area contributed by atoms with E-state index >= 15 is 0 Å². The lowest BCUT2D eigenvalue weighted by molar-refractivity contribution is -0.166. The summed E-state index contributed by atoms with van der Waals surface area (Å²) in [5, 5.41) is 2.84. The average molecular weight is 496 g/mol. The quantitative estimate of drug-likeness (QED) is 0.278. The van der Waals surface area contributed by atoms with Crippen LogP contribution in [0.5, 0.6) is 0 Å². The Kier molecular flexibility index (Phi) is 9.91. The molecule has 1 amide bonds. The average Bonchev–Trinajstić information content (AvgIpc) is 2.86. The molecule has 194 valence electrons. The second-order valence-corrected chi connectivity index (χ2v) is 10.2. The van der Waals surface area contributed by atoms with Gasteiger partial charge in [0.1, 0.15) is 18.8 Å². The van der Waals surface area contributed by atoms with Crippen LogP contribution in [-0.4, -0.2) is 29.7 Å². The summed E-state index contributed by atoms with van der Waals surface area (Å²) < 4.78 is 16.6. The molecule has 1 N–H and O–H groups in total. The molecule has 36 heavy (non-hydrogen) atoms. The van der Waals surface area contributed by atoms with E-state index in [0.717, 1.165) is 43.2 Å². The Hall–Kier alpha value is -3.35. The molecule has 0 aliphatic heterocycles. The zero-order valence-corrected chi connectivity index (χ0v) is 21.4. The number of ether oxygens (including phenoxy) is 3. The summed E-state index contributed by atoms with van der Waals surface area (Å²) in [6, 6.07) is 17.7. The third kappa shape index (κ3) is 8.70. The lowest BCUT2D eigenvalue weighted by atomic mass is 9.78. The minimum atomic E-state index is -1.31. The van der Waals surface area contributed by atoms with E-state index < -0.39 is 35.6 Å². The summed E-state index contributed by atoms with van der Waals surface area (Å²) in [7, 11) is 0. The van der Waals surface area contributed by atoms with Gasteiger partial charge in [0.2, 0.25) is 0 Å². The zero-order valence-electron chi connectivity index (χ0n) is 21.4. The number of nitrogens with one attached hydrogen (secondary N) is 1. The van der Waals surface area contributed by atoms with E-state index in [1.54, 1.807) is 20.8 Å². The van der Waals surface area contributed by atoms with Gasteiger partial charge >= 0.3 is 18.0 Å². The third-order valence-electron chi connectivity index (χ3n) is 6.16. The molecule has 0 radical (unpaired) electrons. The van der Waals surface area contributed by atoms with Gasteiger partial charge in [-0.2, -0.15) is 0 Å². The first-order valence-corrected chi connectivity index (χ1v) is 12.6. The van der Waals surface area contributed by atoms with Gasteiger partial charge in [-0.1, -0.05) is 79.9 Å². The van der Waals surface area contributed by atoms with Gasteiger partial charge in [0, 0.05) is 0 Å². The van der Waals surface area contributed by atoms with Gasteiger partial charge < -0.3 is 19.5 Å². The van der Waals surface area contributed by atoms with Crippen molar-refractivity contribution in [1.82, 2.24) is 5.32 Å². The number of carbonyl (C=O) groups is 3. The van der Waals surface area contributed by atoms with Crippen LogP contribution in [0.25, 0.3) is 0 Å². The molecule has 2 aromatic carbocycles. The molecule has 2 aromatic rings. The number of alkyl carbamates (subject to hydrolysis) is 1. The first-order valence-electron chi connectivity index (χ1n) is 12.6. The lowest BCUT2D eigenvalue weighted by Gasteiger charge is -2.34. The Balaban J connectivity index is 1.83. The van der Waals surface area contributed by atoms with Crippen LogP contribution in [0.4, 0.5) is 4.79 Å². The number of hydrogen-bond donors (Lipinski definition) is 1. The highest BCUT2D eigenvalue weighted by Gasteiger charge is 2.43. The second-order valence-electron chi connectivity index (χ2n) is 10.2. The van der Waals surface area contributed by atoms with Crippen LogP contribution in [0.15, 0.2) is 60.7 Å². The molecule has 3 rings (SSSR count). The van der Waals surface area contributed by atoms with E-state index in [2.05, 4.69) is 5.32 Å². The Bertz CT molecular complexity index is 924. The topological polar surface area (TPSA) is 90.9 Å². The Labute approximate surface area is 213 Å². The van der Waals surface area contributed by atoms with Crippen molar-refractivity contribution in [3.63, 3.8) is 0 Å². The van der Waals surface area contributed by atoms with E-state index in [1.807, 2.05) is 60.7 Å². The predicted octanol–water partition coefficient (Wildman–Crippen LogP) is 5.56. The fourth-order valence-electron chi connectivity index (χ4n) is 4.44. The Morgan fingerprint density at radius 2 is 1.28 bits per heavy atom. The van der Waals surface area contributed by atoms with Crippen LogP contribution >= 0.6 is 0 Å². The summed E-state index contributed by atoms with van der Waals surface area (Å²) in [5.74, 6) is -2.83. The number of hydrogen-bond acceptors (Lipinski definition) is 6. The van der Waals surface area contributed by atoms with Crippen molar-refractivity contribution in [2.75, 3.05) is 0 Å². The molecule has 0 saturated heterocycles. The number of benzene rings is 2. The predicted molar refractivity (Wildman–Crippen MR) is 136 cm³/mol. The van der Waals surface area contributed by atoms with Crippen LogP contribution in [-0.2, 0) is 37.0 Å². The van der Waals surface area contributed by atoms with Gasteiger partial charge in [0.15, 0.2) is 5.92 Å². The van der Waals surface area contributed by atoms with E-state index in [4.69, 9.17) is 14.2 Å². The number of rotatable bonds is 9. The highest BCUT2D eigenvalue weighted by molar-refractivity contribution is 5.96. The van der Waals surface area contributed by atoms with Crippen LogP contribution < -0.4 is 5.32 Å². The van der Waals surface area contributed by atoms with Gasteiger partial charge in [0.05, 0.1) is 6.04 Å². The Morgan fingerprint density at radius 3 is 1.72 bits per heavy atom. The first kappa shape index (κ1) is 27.2. The molecule has 1 saturated carbocycles. The highest BCUT2D eigenvalue weighted by atomic mass is 16.6. The van der Waals surface area contributed by atoms with Gasteiger partial charge in [0.25, 0.3) is 0 Å². The minimum absolute atomic E-state index is 0.0198. The number of amides is 1. The largest absolute Gasteiger partial charge is 0.460 e. The van der Waals surface area contributed by atoms with Crippen molar-refractivity contribution in [3.05, 3.63) is 71.8 Å². The van der Waals surface area contributed by atoms with Gasteiger partial charge in [-0.3, -0.25) is 9.59 Å². The smallest absolute Gasteiger partial charge is 0.407 e. The summed E-state index contributed by atoms with van der Waals surface area (Å²) >= 11 is 0. The maximum Gasteiger partial charge on any atom is 0.407 e. The van der Waals surface area contributed by atoms with E-state index in [9.17, 15) is 14.4 Å². The molecule has 0 unspecified atom stereocenters. The SMILES string of the molecule is CC(C)(C)OC(=O)N[C@@H](C1CCCCC1)C(C(=O)OCc1ccccc1)C(=O)OCc1ccccc1. The van der Waals surface area contributed by atoms with Crippen LogP contribution in [0.3, 0.4) is 0 Å². The van der Waals surface area contributed by atoms with Gasteiger partial charge in [-0.05, 0) is 50.7 Å². The van der Waals surface area contributed by atoms with Gasteiger partial charge in [-0.25, -0.2) is 4.79 Å². The number of esters is 2. The van der Waals surface area contributed by atoms with Crippen molar-refractivity contribution >= 4 is 18.0 Å². The van der Waals surface area contributed by atoms with Crippen molar-refractivity contribution < 1.29 is 28.6 Å². The second kappa shape index (κ2) is 13.1. The monoisotopic (exact) mass is 495 g/mol. The fourth-order valence-corrected chi connectivity index (χ4v) is 4.44. The molecular weight excluding hydrogens is 458 g/mol. The van der Waals surface area contributed by atoms with Crippen molar-refractivity contribution in [1.29, 1.82) is 0 Å². The molecule has 1 aliphatic carbocycles. The van der Waals surface area contributed by atoms with Crippen molar-refractivity contribution in [2.45, 2.75) is 77.7 Å². The molecule has 0 aromatic heterocycles. The normalized spacial score (nSPS) is 15.1. The number of carbonyl (C=O) groups excluding carboxylic acids is 3. The summed E-state index contributed by atoms with van der Waals surface area (Å²) in [6.45, 7) is 5.34. The van der Waals surface area contributed by atoms with Crippen molar-refractivity contribution in [2.24, 2.45) is 11.8 Å². The zero-order chi connectivity index (χ0) is 26.0. The molecule has 0 bridgehead atoms. The molecule has 1 aliphatic rings. The van der Waals surface area contributed by atoms with Crippen molar-refractivity contribution in [3.8, 4) is 0 Å². The maximum absolute atomic E-state index is 13.4. The maximum atomic E-state index is 13.4. The minimum Gasteiger partial charge on any atom is -0.460 e. The third-order valence-corrected chi connectivity index (χ3v) is 6.16. The molecule has 7 heteroatoms. The Morgan fingerprint density at radius 1 is 0.806 bits per heavy atom. The standard InChI is InChI=1S/C29H37NO6/c1-29(2,3)36-28(33)30-25(23-17-11-6-12-18-23)24(26(31)34-19-21-13-7-4-8-14-21)27(32)35-20-22-15-9-5-10-16-22/h4-5,7-10,13-16,23-25H,6,11-12,17-20H2,1-3H3,(H,30,33)/t25-/m0/s1. The summed E-state index contributed by atoms with van der Waals surface area (Å²) in [4.78, 5) is 39.6. The van der Waals surface area contributed by atoms with Crippen LogP contribution in [0, 0.1) is 11.8 Å². The molecule has 1 atom stereocenters. The molecular formula is C29H37NO6. The molecule has 0 heterocycles. The fraction of sp³-hybridized carbons (Fsp3) is 0.483. The summed E-state index contributed by atoms with van der Waals surface area (Å²) in [5.41, 5.74) is 0.881. The highest BCUT2D eigenvalue weighted by Crippen LogP contribution is 2.31. The molecule has 0 spiro atoms.